The van der Waals surface area contributed by atoms with Crippen LogP contribution in [0.15, 0.2) is 24.3 Å². The van der Waals surface area contributed by atoms with Gasteiger partial charge in [0.25, 0.3) is 0 Å². The lowest BCUT2D eigenvalue weighted by atomic mass is 10.2. The van der Waals surface area contributed by atoms with E-state index in [0.29, 0.717) is 12.6 Å². The number of rotatable bonds is 7. The lowest BCUT2D eigenvalue weighted by Crippen LogP contribution is -2.30. The Bertz CT molecular complexity index is 466. The SMILES string of the molecule is CCSCC(C)NCc1cccc(NC(=O)C(F)(F)F)c1. The minimum atomic E-state index is -4.87. The van der Waals surface area contributed by atoms with Gasteiger partial charge in [-0.05, 0) is 30.4 Å². The van der Waals surface area contributed by atoms with Gasteiger partial charge >= 0.3 is 12.1 Å². The molecule has 0 fully saturated rings. The quantitative estimate of drug-likeness (QED) is 0.809. The van der Waals surface area contributed by atoms with Gasteiger partial charge in [0.1, 0.15) is 0 Å². The van der Waals surface area contributed by atoms with Gasteiger partial charge in [-0.3, -0.25) is 4.79 Å². The summed E-state index contributed by atoms with van der Waals surface area (Å²) in [4.78, 5) is 10.9. The molecule has 7 heteroatoms. The molecule has 1 aromatic rings. The fraction of sp³-hybridized carbons (Fsp3) is 0.500. The van der Waals surface area contributed by atoms with Crippen molar-refractivity contribution in [1.82, 2.24) is 5.32 Å². The lowest BCUT2D eigenvalue weighted by molar-refractivity contribution is -0.167. The van der Waals surface area contributed by atoms with E-state index in [1.807, 2.05) is 17.1 Å². The second kappa shape index (κ2) is 8.29. The normalized spacial score (nSPS) is 13.0. The summed E-state index contributed by atoms with van der Waals surface area (Å²) in [7, 11) is 0. The highest BCUT2D eigenvalue weighted by atomic mass is 32.2. The van der Waals surface area contributed by atoms with Crippen LogP contribution in [0.25, 0.3) is 0 Å². The number of anilines is 1. The third kappa shape index (κ3) is 6.86. The van der Waals surface area contributed by atoms with E-state index in [9.17, 15) is 18.0 Å². The van der Waals surface area contributed by atoms with Crippen molar-refractivity contribution < 1.29 is 18.0 Å². The van der Waals surface area contributed by atoms with Gasteiger partial charge in [-0.25, -0.2) is 0 Å². The first-order valence-corrected chi connectivity index (χ1v) is 7.76. The zero-order valence-corrected chi connectivity index (χ0v) is 12.8. The first kappa shape index (κ1) is 17.8. The van der Waals surface area contributed by atoms with Crippen LogP contribution in [0.2, 0.25) is 0 Å². The maximum absolute atomic E-state index is 12.2. The van der Waals surface area contributed by atoms with E-state index in [2.05, 4.69) is 19.2 Å². The van der Waals surface area contributed by atoms with Crippen LogP contribution in [0, 0.1) is 0 Å². The van der Waals surface area contributed by atoms with Gasteiger partial charge in [-0.2, -0.15) is 24.9 Å². The molecule has 0 heterocycles. The number of nitrogens with one attached hydrogen (secondary N) is 2. The van der Waals surface area contributed by atoms with Gasteiger partial charge in [-0.15, -0.1) is 0 Å². The average Bonchev–Trinajstić information content (AvgIpc) is 2.42. The van der Waals surface area contributed by atoms with Crippen molar-refractivity contribution in [3.05, 3.63) is 29.8 Å². The maximum Gasteiger partial charge on any atom is 0.471 e. The van der Waals surface area contributed by atoms with Crippen LogP contribution in [-0.4, -0.2) is 29.6 Å². The first-order chi connectivity index (χ1) is 9.82. The first-order valence-electron chi connectivity index (χ1n) is 6.61. The second-order valence-corrected chi connectivity index (χ2v) is 5.91. The third-order valence-electron chi connectivity index (χ3n) is 2.67. The minimum Gasteiger partial charge on any atom is -0.318 e. The number of thioether (sulfide) groups is 1. The Hall–Kier alpha value is -1.21. The van der Waals surface area contributed by atoms with Crippen LogP contribution in [0.5, 0.6) is 0 Å². The van der Waals surface area contributed by atoms with E-state index in [4.69, 9.17) is 0 Å². The van der Waals surface area contributed by atoms with Crippen molar-refractivity contribution in [2.24, 2.45) is 0 Å². The van der Waals surface area contributed by atoms with Crippen LogP contribution in [-0.2, 0) is 11.3 Å². The van der Waals surface area contributed by atoms with Gasteiger partial charge in [0.15, 0.2) is 0 Å². The van der Waals surface area contributed by atoms with Crippen LogP contribution in [0.4, 0.5) is 18.9 Å². The van der Waals surface area contributed by atoms with Crippen LogP contribution in [0.3, 0.4) is 0 Å². The fourth-order valence-corrected chi connectivity index (χ4v) is 2.31. The second-order valence-electron chi connectivity index (χ2n) is 4.59. The van der Waals surface area contributed by atoms with Gasteiger partial charge < -0.3 is 10.6 Å². The van der Waals surface area contributed by atoms with E-state index >= 15 is 0 Å². The number of alkyl halides is 3. The highest BCUT2D eigenvalue weighted by Crippen LogP contribution is 2.19. The predicted molar refractivity (Wildman–Crippen MR) is 80.4 cm³/mol. The number of carbonyl (C=O) groups is 1. The molecule has 0 saturated carbocycles. The molecule has 1 amide bonds. The lowest BCUT2D eigenvalue weighted by Gasteiger charge is -2.14. The molecule has 118 valence electrons. The topological polar surface area (TPSA) is 41.1 Å². The van der Waals surface area contributed by atoms with Gasteiger partial charge in [-0.1, -0.05) is 19.1 Å². The molecule has 1 unspecified atom stereocenters. The van der Waals surface area contributed by atoms with Gasteiger partial charge in [0.05, 0.1) is 0 Å². The van der Waals surface area contributed by atoms with E-state index < -0.39 is 12.1 Å². The number of halogens is 3. The summed E-state index contributed by atoms with van der Waals surface area (Å²) in [6, 6.07) is 6.70. The molecule has 0 aromatic heterocycles. The summed E-state index contributed by atoms with van der Waals surface area (Å²) in [5.41, 5.74) is 0.968. The van der Waals surface area contributed by atoms with Gasteiger partial charge in [0.2, 0.25) is 0 Å². The highest BCUT2D eigenvalue weighted by Gasteiger charge is 2.38. The molecule has 0 bridgehead atoms. The summed E-state index contributed by atoms with van der Waals surface area (Å²) >= 11 is 1.82. The fourth-order valence-electron chi connectivity index (χ4n) is 1.61. The zero-order chi connectivity index (χ0) is 15.9. The van der Waals surface area contributed by atoms with Crippen molar-refractivity contribution >= 4 is 23.4 Å². The summed E-state index contributed by atoms with van der Waals surface area (Å²) < 4.78 is 36.5. The Morgan fingerprint density at radius 3 is 2.71 bits per heavy atom. The van der Waals surface area contributed by atoms with Crippen molar-refractivity contribution in [2.45, 2.75) is 32.6 Å². The van der Waals surface area contributed by atoms with Crippen molar-refractivity contribution in [2.75, 3.05) is 16.8 Å². The Morgan fingerprint density at radius 2 is 2.10 bits per heavy atom. The molecule has 0 aliphatic carbocycles. The van der Waals surface area contributed by atoms with E-state index in [1.54, 1.807) is 12.1 Å². The van der Waals surface area contributed by atoms with Gasteiger partial charge in [0, 0.05) is 24.0 Å². The molecule has 0 spiro atoms. The largest absolute Gasteiger partial charge is 0.471 e. The molecule has 0 aliphatic rings. The average molecular weight is 320 g/mol. The molecular formula is C14H19F3N2OS. The van der Waals surface area contributed by atoms with E-state index in [1.165, 1.54) is 12.1 Å². The minimum absolute atomic E-state index is 0.146. The third-order valence-corrected chi connectivity index (χ3v) is 3.81. The Labute approximate surface area is 126 Å². The standard InChI is InChI=1S/C14H19F3N2OS/c1-3-21-9-10(2)18-8-11-5-4-6-12(7-11)19-13(20)14(15,16)17/h4-7,10,18H,3,8-9H2,1-2H3,(H,19,20). The monoisotopic (exact) mass is 320 g/mol. The molecule has 1 rings (SSSR count). The number of hydrogen-bond donors (Lipinski definition) is 2. The smallest absolute Gasteiger partial charge is 0.318 e. The molecule has 1 aromatic carbocycles. The molecule has 0 saturated heterocycles. The molecule has 21 heavy (non-hydrogen) atoms. The van der Waals surface area contributed by atoms with E-state index in [0.717, 1.165) is 17.1 Å². The molecule has 0 radical (unpaired) electrons. The maximum atomic E-state index is 12.2. The Kier molecular flexibility index (Phi) is 7.04. The summed E-state index contributed by atoms with van der Waals surface area (Å²) in [6.07, 6.45) is -4.87. The number of benzene rings is 1. The van der Waals surface area contributed by atoms with Crippen LogP contribution >= 0.6 is 11.8 Å². The number of amides is 1. The Balaban J connectivity index is 2.54. The zero-order valence-electron chi connectivity index (χ0n) is 12.0. The van der Waals surface area contributed by atoms with Crippen molar-refractivity contribution in [3.63, 3.8) is 0 Å². The summed E-state index contributed by atoms with van der Waals surface area (Å²) in [5.74, 6) is 0.0618. The van der Waals surface area contributed by atoms with Crippen LogP contribution < -0.4 is 10.6 Å². The summed E-state index contributed by atoms with van der Waals surface area (Å²) in [5, 5.41) is 5.14. The summed E-state index contributed by atoms with van der Waals surface area (Å²) in [6.45, 7) is 4.68. The van der Waals surface area contributed by atoms with Crippen LogP contribution in [0.1, 0.15) is 19.4 Å². The van der Waals surface area contributed by atoms with Crippen molar-refractivity contribution in [1.29, 1.82) is 0 Å². The molecule has 2 N–H and O–H groups in total. The highest BCUT2D eigenvalue weighted by molar-refractivity contribution is 7.99. The predicted octanol–water partition coefficient (Wildman–Crippen LogP) is 3.42. The Morgan fingerprint density at radius 1 is 1.38 bits per heavy atom. The van der Waals surface area contributed by atoms with E-state index in [-0.39, 0.29) is 5.69 Å². The van der Waals surface area contributed by atoms with Crippen molar-refractivity contribution in [3.8, 4) is 0 Å². The molecule has 1 atom stereocenters. The molecule has 3 nitrogen and oxygen atoms in total. The number of carbonyl (C=O) groups excluding carboxylic acids is 1. The molecular weight excluding hydrogens is 301 g/mol. The number of hydrogen-bond acceptors (Lipinski definition) is 3. The molecule has 0 aliphatic heterocycles.